The van der Waals surface area contributed by atoms with E-state index >= 15 is 0 Å². The van der Waals surface area contributed by atoms with Crippen molar-refractivity contribution in [3.8, 4) is 0 Å². The molecule has 1 N–H and O–H groups in total. The molecule has 0 fully saturated rings. The first-order valence-electron chi connectivity index (χ1n) is 4.26. The molecule has 0 aliphatic carbocycles. The molecule has 0 atom stereocenters. The number of nitrogens with one attached hydrogen (secondary N) is 1. The normalized spacial score (nSPS) is 10.2. The van der Waals surface area contributed by atoms with Crippen molar-refractivity contribution in [2.75, 3.05) is 26.0 Å². The quantitative estimate of drug-likeness (QED) is 0.764. The van der Waals surface area contributed by atoms with E-state index in [1.165, 1.54) is 6.07 Å². The third kappa shape index (κ3) is 2.18. The van der Waals surface area contributed by atoms with Gasteiger partial charge in [0.05, 0.1) is 5.69 Å². The third-order valence-corrected chi connectivity index (χ3v) is 1.88. The molecule has 0 spiro atoms. The lowest BCUT2D eigenvalue weighted by Crippen LogP contribution is -2.16. The summed E-state index contributed by atoms with van der Waals surface area (Å²) in [4.78, 5) is 1.79. The van der Waals surface area contributed by atoms with Gasteiger partial charge in [-0.25, -0.2) is 4.39 Å². The summed E-state index contributed by atoms with van der Waals surface area (Å²) in [5.74, 6) is -0.169. The first kappa shape index (κ1) is 9.99. The van der Waals surface area contributed by atoms with E-state index in [9.17, 15) is 4.39 Å². The highest BCUT2D eigenvalue weighted by Gasteiger charge is 2.08. The molecule has 2 nitrogen and oxygen atoms in total. The average molecular weight is 182 g/mol. The maximum Gasteiger partial charge on any atom is 0.146 e. The molecule has 0 radical (unpaired) electrons. The second-order valence-corrected chi connectivity index (χ2v) is 3.17. The van der Waals surface area contributed by atoms with Gasteiger partial charge in [-0.2, -0.15) is 0 Å². The highest BCUT2D eigenvalue weighted by molar-refractivity contribution is 5.53. The molecular formula is C10H15FN2. The summed E-state index contributed by atoms with van der Waals surface area (Å²) in [6.45, 7) is 0.686. The largest absolute Gasteiger partial charge is 0.375 e. The molecule has 1 aromatic rings. The molecule has 0 aromatic heterocycles. The molecular weight excluding hydrogens is 167 g/mol. The lowest BCUT2D eigenvalue weighted by atomic mass is 10.1. The van der Waals surface area contributed by atoms with Gasteiger partial charge in [0.15, 0.2) is 0 Å². The predicted octanol–water partition coefficient (Wildman–Crippen LogP) is 1.61. The van der Waals surface area contributed by atoms with Crippen molar-refractivity contribution < 1.29 is 4.39 Å². The molecule has 0 heterocycles. The fourth-order valence-corrected chi connectivity index (χ4v) is 1.39. The van der Waals surface area contributed by atoms with Gasteiger partial charge in [-0.1, -0.05) is 12.1 Å². The number of hydrogen-bond donors (Lipinski definition) is 1. The van der Waals surface area contributed by atoms with Gasteiger partial charge in [0.1, 0.15) is 5.82 Å². The zero-order valence-electron chi connectivity index (χ0n) is 8.26. The Morgan fingerprint density at radius 1 is 1.38 bits per heavy atom. The van der Waals surface area contributed by atoms with Crippen LogP contribution in [0.1, 0.15) is 5.56 Å². The lowest BCUT2D eigenvalue weighted by molar-refractivity contribution is 0.622. The van der Waals surface area contributed by atoms with Crippen LogP contribution in [-0.4, -0.2) is 21.1 Å². The Balaban J connectivity index is 3.10. The standard InChI is InChI=1S/C10H15FN2/c1-12-7-8-5-4-6-9(11)10(8)13(2)3/h4-6,12H,7H2,1-3H3. The fraction of sp³-hybridized carbons (Fsp3) is 0.400. The van der Waals surface area contributed by atoms with Gasteiger partial charge < -0.3 is 10.2 Å². The first-order valence-corrected chi connectivity index (χ1v) is 4.26. The number of rotatable bonds is 3. The second kappa shape index (κ2) is 4.23. The molecule has 0 bridgehead atoms. The summed E-state index contributed by atoms with van der Waals surface area (Å²) in [6, 6.07) is 5.14. The van der Waals surface area contributed by atoms with E-state index in [4.69, 9.17) is 0 Å². The van der Waals surface area contributed by atoms with Gasteiger partial charge in [0, 0.05) is 20.6 Å². The average Bonchev–Trinajstić information content (AvgIpc) is 2.04. The number of nitrogens with zero attached hydrogens (tertiary/aromatic N) is 1. The Morgan fingerprint density at radius 2 is 2.08 bits per heavy atom. The van der Waals surface area contributed by atoms with E-state index in [2.05, 4.69) is 5.32 Å². The van der Waals surface area contributed by atoms with Gasteiger partial charge in [0.2, 0.25) is 0 Å². The van der Waals surface area contributed by atoms with E-state index in [-0.39, 0.29) is 5.82 Å². The zero-order valence-corrected chi connectivity index (χ0v) is 8.26. The number of hydrogen-bond acceptors (Lipinski definition) is 2. The molecule has 0 aliphatic rings. The smallest absolute Gasteiger partial charge is 0.146 e. The highest BCUT2D eigenvalue weighted by atomic mass is 19.1. The predicted molar refractivity (Wildman–Crippen MR) is 53.5 cm³/mol. The van der Waals surface area contributed by atoms with Crippen LogP contribution in [0, 0.1) is 5.82 Å². The van der Waals surface area contributed by atoms with Gasteiger partial charge >= 0.3 is 0 Å². The summed E-state index contributed by atoms with van der Waals surface area (Å²) >= 11 is 0. The molecule has 1 aromatic carbocycles. The Labute approximate surface area is 78.4 Å². The van der Waals surface area contributed by atoms with Crippen LogP contribution >= 0.6 is 0 Å². The molecule has 1 rings (SSSR count). The molecule has 0 saturated heterocycles. The molecule has 0 aliphatic heterocycles. The van der Waals surface area contributed by atoms with E-state index in [1.807, 2.05) is 27.2 Å². The minimum Gasteiger partial charge on any atom is -0.375 e. The second-order valence-electron chi connectivity index (χ2n) is 3.17. The zero-order chi connectivity index (χ0) is 9.84. The Kier molecular flexibility index (Phi) is 3.25. The maximum atomic E-state index is 13.4. The Hall–Kier alpha value is -1.09. The van der Waals surface area contributed by atoms with Crippen molar-refractivity contribution in [2.45, 2.75) is 6.54 Å². The maximum absolute atomic E-state index is 13.4. The van der Waals surface area contributed by atoms with Crippen LogP contribution < -0.4 is 10.2 Å². The van der Waals surface area contributed by atoms with Crippen LogP contribution in [0.5, 0.6) is 0 Å². The lowest BCUT2D eigenvalue weighted by Gasteiger charge is -2.17. The number of para-hydroxylation sites is 1. The third-order valence-electron chi connectivity index (χ3n) is 1.88. The highest BCUT2D eigenvalue weighted by Crippen LogP contribution is 2.21. The molecule has 72 valence electrons. The van der Waals surface area contributed by atoms with E-state index in [0.717, 1.165) is 5.56 Å². The summed E-state index contributed by atoms with van der Waals surface area (Å²) in [7, 11) is 5.54. The monoisotopic (exact) mass is 182 g/mol. The Morgan fingerprint density at radius 3 is 2.62 bits per heavy atom. The van der Waals surface area contributed by atoms with Crippen LogP contribution in [0.2, 0.25) is 0 Å². The minimum atomic E-state index is -0.169. The number of benzene rings is 1. The van der Waals surface area contributed by atoms with Gasteiger partial charge in [-0.15, -0.1) is 0 Å². The molecule has 0 amide bonds. The minimum absolute atomic E-state index is 0.169. The van der Waals surface area contributed by atoms with Crippen molar-refractivity contribution in [2.24, 2.45) is 0 Å². The van der Waals surface area contributed by atoms with Crippen molar-refractivity contribution in [1.82, 2.24) is 5.32 Å². The van der Waals surface area contributed by atoms with Crippen LogP contribution in [0.3, 0.4) is 0 Å². The van der Waals surface area contributed by atoms with Gasteiger partial charge in [-0.3, -0.25) is 0 Å². The van der Waals surface area contributed by atoms with Crippen molar-refractivity contribution in [3.63, 3.8) is 0 Å². The van der Waals surface area contributed by atoms with E-state index in [1.54, 1.807) is 11.0 Å². The molecule has 0 saturated carbocycles. The Bertz CT molecular complexity index is 284. The van der Waals surface area contributed by atoms with Gasteiger partial charge in [-0.05, 0) is 18.7 Å². The van der Waals surface area contributed by atoms with Gasteiger partial charge in [0.25, 0.3) is 0 Å². The van der Waals surface area contributed by atoms with Crippen molar-refractivity contribution in [3.05, 3.63) is 29.6 Å². The van der Waals surface area contributed by atoms with Crippen LogP contribution in [0.25, 0.3) is 0 Å². The van der Waals surface area contributed by atoms with Crippen molar-refractivity contribution in [1.29, 1.82) is 0 Å². The van der Waals surface area contributed by atoms with E-state index < -0.39 is 0 Å². The van der Waals surface area contributed by atoms with Crippen molar-refractivity contribution >= 4 is 5.69 Å². The summed E-state index contributed by atoms with van der Waals surface area (Å²) in [5.41, 5.74) is 1.64. The van der Waals surface area contributed by atoms with Crippen LogP contribution in [0.15, 0.2) is 18.2 Å². The molecule has 3 heteroatoms. The van der Waals surface area contributed by atoms with Crippen LogP contribution in [0.4, 0.5) is 10.1 Å². The SMILES string of the molecule is CNCc1cccc(F)c1N(C)C. The topological polar surface area (TPSA) is 15.3 Å². The molecule has 13 heavy (non-hydrogen) atoms. The summed E-state index contributed by atoms with van der Waals surface area (Å²) in [5, 5.41) is 3.01. The summed E-state index contributed by atoms with van der Waals surface area (Å²) < 4.78 is 13.4. The van der Waals surface area contributed by atoms with Crippen LogP contribution in [-0.2, 0) is 6.54 Å². The number of halogens is 1. The fourth-order valence-electron chi connectivity index (χ4n) is 1.39. The first-order chi connectivity index (χ1) is 6.16. The summed E-state index contributed by atoms with van der Waals surface area (Å²) in [6.07, 6.45) is 0. The van der Waals surface area contributed by atoms with E-state index in [0.29, 0.717) is 12.2 Å². The molecule has 0 unspecified atom stereocenters. The number of anilines is 1.